The molecule has 0 spiro atoms. The normalized spacial score (nSPS) is 16.2. The highest BCUT2D eigenvalue weighted by molar-refractivity contribution is 7.92. The van der Waals surface area contributed by atoms with E-state index >= 15 is 0 Å². The molecule has 1 aliphatic heterocycles. The van der Waals surface area contributed by atoms with E-state index in [1.807, 2.05) is 0 Å². The Labute approximate surface area is 201 Å². The lowest BCUT2D eigenvalue weighted by molar-refractivity contribution is -0.137. The van der Waals surface area contributed by atoms with Crippen LogP contribution in [-0.4, -0.2) is 49.2 Å². The molecule has 8 nitrogen and oxygen atoms in total. The maximum absolute atomic E-state index is 12.9. The van der Waals surface area contributed by atoms with Crippen molar-refractivity contribution in [1.29, 1.82) is 0 Å². The third kappa shape index (κ3) is 7.36. The Morgan fingerprint density at radius 2 is 1.89 bits per heavy atom. The number of hydrogen-bond acceptors (Lipinski definition) is 5. The fourth-order valence-electron chi connectivity index (χ4n) is 3.65. The lowest BCUT2D eigenvalue weighted by Crippen LogP contribution is -2.42. The summed E-state index contributed by atoms with van der Waals surface area (Å²) in [7, 11) is -3.59. The molecule has 1 atom stereocenters. The molecule has 2 heterocycles. The van der Waals surface area contributed by atoms with Gasteiger partial charge in [0.1, 0.15) is 0 Å². The van der Waals surface area contributed by atoms with Crippen molar-refractivity contribution in [3.8, 4) is 0 Å². The number of pyridine rings is 1. The molecule has 1 fully saturated rings. The molecular weight excluding hydrogens is 485 g/mol. The molecule has 1 aromatic heterocycles. The van der Waals surface area contributed by atoms with E-state index in [1.165, 1.54) is 18.3 Å². The average Bonchev–Trinajstić information content (AvgIpc) is 3.30. The Morgan fingerprint density at radius 3 is 2.49 bits per heavy atom. The highest BCUT2D eigenvalue weighted by Crippen LogP contribution is 2.29. The number of benzene rings is 1. The Hall–Kier alpha value is -3.25. The van der Waals surface area contributed by atoms with Crippen LogP contribution in [0.5, 0.6) is 0 Å². The zero-order chi connectivity index (χ0) is 25.6. The van der Waals surface area contributed by atoms with Gasteiger partial charge in [-0.15, -0.1) is 0 Å². The summed E-state index contributed by atoms with van der Waals surface area (Å²) in [5.41, 5.74) is 0.501. The van der Waals surface area contributed by atoms with Crippen LogP contribution in [0.1, 0.15) is 40.0 Å². The van der Waals surface area contributed by atoms with Crippen molar-refractivity contribution in [3.05, 3.63) is 77.0 Å². The number of sulfonamides is 1. The maximum atomic E-state index is 12.9. The number of nitrogens with zero attached hydrogens (tertiary/aromatic N) is 2. The first-order valence-corrected chi connectivity index (χ1v) is 12.3. The molecule has 2 amide bonds. The molecule has 1 aliphatic rings. The first kappa shape index (κ1) is 26.4. The van der Waals surface area contributed by atoms with Crippen LogP contribution >= 0.6 is 0 Å². The summed E-state index contributed by atoms with van der Waals surface area (Å²) in [6.07, 6.45) is -1.71. The van der Waals surface area contributed by atoms with Crippen molar-refractivity contribution in [2.45, 2.75) is 38.0 Å². The molecule has 0 aliphatic carbocycles. The largest absolute Gasteiger partial charge is 0.416 e. The summed E-state index contributed by atoms with van der Waals surface area (Å²) in [5, 5.41) is 3.44. The number of carbonyl (C=O) groups excluding carboxylic acids is 2. The number of amides is 2. The Balaban J connectivity index is 1.52. The van der Waals surface area contributed by atoms with Gasteiger partial charge in [-0.3, -0.25) is 14.6 Å². The van der Waals surface area contributed by atoms with E-state index in [0.717, 1.165) is 24.0 Å². The van der Waals surface area contributed by atoms with Crippen molar-refractivity contribution in [2.24, 2.45) is 0 Å². The molecule has 35 heavy (non-hydrogen) atoms. The van der Waals surface area contributed by atoms with Crippen molar-refractivity contribution in [3.63, 3.8) is 0 Å². The molecule has 1 aromatic carbocycles. The molecule has 188 valence electrons. The number of likely N-dealkylation sites (tertiary alicyclic amines) is 1. The summed E-state index contributed by atoms with van der Waals surface area (Å²) in [4.78, 5) is 30.8. The molecule has 12 heteroatoms. The van der Waals surface area contributed by atoms with Crippen molar-refractivity contribution < 1.29 is 31.2 Å². The predicted octanol–water partition coefficient (Wildman–Crippen LogP) is 2.63. The highest BCUT2D eigenvalue weighted by atomic mass is 32.2. The summed E-state index contributed by atoms with van der Waals surface area (Å²) < 4.78 is 63.4. The minimum absolute atomic E-state index is 0.0647. The second kappa shape index (κ2) is 11.0. The van der Waals surface area contributed by atoms with Gasteiger partial charge in [0.05, 0.1) is 17.5 Å². The molecule has 0 saturated carbocycles. The van der Waals surface area contributed by atoms with E-state index < -0.39 is 21.8 Å². The molecule has 0 unspecified atom stereocenters. The number of nitrogens with one attached hydrogen (secondary N) is 2. The van der Waals surface area contributed by atoms with Gasteiger partial charge >= 0.3 is 6.18 Å². The Kier molecular flexibility index (Phi) is 8.28. The zero-order valence-electron chi connectivity index (χ0n) is 18.7. The molecule has 2 N–H and O–H groups in total. The van der Waals surface area contributed by atoms with E-state index in [1.54, 1.807) is 17.0 Å². The first-order valence-electron chi connectivity index (χ1n) is 10.8. The highest BCUT2D eigenvalue weighted by Gasteiger charge is 2.31. The van der Waals surface area contributed by atoms with Crippen molar-refractivity contribution in [1.82, 2.24) is 19.9 Å². The fraction of sp³-hybridized carbons (Fsp3) is 0.348. The number of carbonyl (C=O) groups is 2. The molecule has 0 bridgehead atoms. The van der Waals surface area contributed by atoms with Gasteiger partial charge in [0.2, 0.25) is 15.9 Å². The van der Waals surface area contributed by atoms with E-state index in [2.05, 4.69) is 21.6 Å². The third-order valence-corrected chi connectivity index (χ3v) is 6.57. The lowest BCUT2D eigenvalue weighted by Gasteiger charge is -2.24. The standard InChI is InChI=1S/C23H25F3N4O4S/c1-2-35(33,34)29-15-20-4-3-11-30(20)22(32)17-7-10-19(27-14-17)12-21(31)28-13-16-5-8-18(9-6-16)23(24,25)26/h2,5-10,14,20,29H,1,3-4,11-13,15H2,(H,28,31)/t20-/m1/s1. The summed E-state index contributed by atoms with van der Waals surface area (Å²) in [6.45, 7) is 3.89. The van der Waals surface area contributed by atoms with Gasteiger partial charge in [0.15, 0.2) is 0 Å². The average molecular weight is 511 g/mol. The summed E-state index contributed by atoms with van der Waals surface area (Å²) in [5.74, 6) is -0.651. The minimum atomic E-state index is -4.42. The second-order valence-corrected chi connectivity index (χ2v) is 9.75. The third-order valence-electron chi connectivity index (χ3n) is 5.56. The van der Waals surface area contributed by atoms with E-state index in [9.17, 15) is 31.2 Å². The number of alkyl halides is 3. The van der Waals surface area contributed by atoms with Crippen LogP contribution in [0.25, 0.3) is 0 Å². The topological polar surface area (TPSA) is 108 Å². The molecule has 0 radical (unpaired) electrons. The monoisotopic (exact) mass is 510 g/mol. The Morgan fingerprint density at radius 1 is 1.17 bits per heavy atom. The van der Waals surface area contributed by atoms with Gasteiger partial charge in [0.25, 0.3) is 5.91 Å². The molecular formula is C23H25F3N4O4S. The number of halogens is 3. The maximum Gasteiger partial charge on any atom is 0.416 e. The molecule has 2 aromatic rings. The SMILES string of the molecule is C=CS(=O)(=O)NC[C@H]1CCCN1C(=O)c1ccc(CC(=O)NCc2ccc(C(F)(F)F)cc2)nc1. The Bertz CT molecular complexity index is 1170. The van der Waals surface area contributed by atoms with E-state index in [-0.39, 0.29) is 37.4 Å². The van der Waals surface area contributed by atoms with Crippen LogP contribution in [0.3, 0.4) is 0 Å². The molecule has 3 rings (SSSR count). The molecule has 1 saturated heterocycles. The van der Waals surface area contributed by atoms with Gasteiger partial charge in [-0.2, -0.15) is 13.2 Å². The van der Waals surface area contributed by atoms with Crippen LogP contribution in [0, 0.1) is 0 Å². The van der Waals surface area contributed by atoms with Crippen molar-refractivity contribution in [2.75, 3.05) is 13.1 Å². The quantitative estimate of drug-likeness (QED) is 0.539. The fourth-order valence-corrected chi connectivity index (χ4v) is 4.19. The smallest absolute Gasteiger partial charge is 0.352 e. The number of aromatic nitrogens is 1. The van der Waals surface area contributed by atoms with Crippen LogP contribution in [0.2, 0.25) is 0 Å². The van der Waals surface area contributed by atoms with Gasteiger partial charge in [-0.05, 0) is 42.7 Å². The van der Waals surface area contributed by atoms with Crippen LogP contribution in [-0.2, 0) is 34.0 Å². The predicted molar refractivity (Wildman–Crippen MR) is 122 cm³/mol. The van der Waals surface area contributed by atoms with E-state index in [4.69, 9.17) is 0 Å². The van der Waals surface area contributed by atoms with Gasteiger partial charge in [-0.25, -0.2) is 13.1 Å². The van der Waals surface area contributed by atoms with Crippen LogP contribution in [0.15, 0.2) is 54.6 Å². The van der Waals surface area contributed by atoms with Crippen LogP contribution in [0.4, 0.5) is 13.2 Å². The lowest BCUT2D eigenvalue weighted by atomic mass is 10.1. The zero-order valence-corrected chi connectivity index (χ0v) is 19.5. The van der Waals surface area contributed by atoms with E-state index in [0.29, 0.717) is 29.8 Å². The van der Waals surface area contributed by atoms with Gasteiger partial charge < -0.3 is 10.2 Å². The van der Waals surface area contributed by atoms with Crippen molar-refractivity contribution >= 4 is 21.8 Å². The second-order valence-electron chi connectivity index (χ2n) is 8.04. The van der Waals surface area contributed by atoms with Crippen LogP contribution < -0.4 is 10.0 Å². The number of hydrogen-bond donors (Lipinski definition) is 2. The summed E-state index contributed by atoms with van der Waals surface area (Å²) in [6, 6.07) is 7.34. The number of rotatable bonds is 9. The van der Waals surface area contributed by atoms with Gasteiger partial charge in [0, 0.05) is 43.0 Å². The minimum Gasteiger partial charge on any atom is -0.352 e. The first-order chi connectivity index (χ1) is 16.5. The summed E-state index contributed by atoms with van der Waals surface area (Å²) >= 11 is 0. The van der Waals surface area contributed by atoms with Gasteiger partial charge in [-0.1, -0.05) is 18.7 Å².